The summed E-state index contributed by atoms with van der Waals surface area (Å²) in [6.07, 6.45) is 1.58. The molecule has 2 rings (SSSR count). The molecule has 0 aliphatic heterocycles. The minimum atomic E-state index is -0.317. The third kappa shape index (κ3) is 6.53. The summed E-state index contributed by atoms with van der Waals surface area (Å²) in [5.74, 6) is -0.313. The van der Waals surface area contributed by atoms with Crippen LogP contribution in [0.25, 0.3) is 0 Å². The third-order valence-corrected chi connectivity index (χ3v) is 3.24. The maximum absolute atomic E-state index is 11.7. The van der Waals surface area contributed by atoms with Crippen LogP contribution in [-0.2, 0) is 4.74 Å². The van der Waals surface area contributed by atoms with Gasteiger partial charge in [0.15, 0.2) is 0 Å². The lowest BCUT2D eigenvalue weighted by Gasteiger charge is -2.11. The van der Waals surface area contributed by atoms with Gasteiger partial charge in [-0.25, -0.2) is 4.79 Å². The number of hydrogen-bond acceptors (Lipinski definition) is 3. The molecule has 1 saturated carbocycles. The molecule has 0 heterocycles. The van der Waals surface area contributed by atoms with Crippen molar-refractivity contribution in [3.05, 3.63) is 34.3 Å². The molecule has 2 unspecified atom stereocenters. The van der Waals surface area contributed by atoms with Crippen molar-refractivity contribution < 1.29 is 14.6 Å². The summed E-state index contributed by atoms with van der Waals surface area (Å²) in [7, 11) is 0. The summed E-state index contributed by atoms with van der Waals surface area (Å²) in [4.78, 5) is 11.7. The Morgan fingerprint density at radius 3 is 2.15 bits per heavy atom. The van der Waals surface area contributed by atoms with Crippen molar-refractivity contribution in [2.24, 2.45) is 0 Å². The molecule has 1 aromatic rings. The summed E-state index contributed by atoms with van der Waals surface area (Å²) in [5.41, 5.74) is 0.546. The molecular weight excluding hydrogens is 320 g/mol. The zero-order valence-electron chi connectivity index (χ0n) is 12.7. The van der Waals surface area contributed by atoms with Crippen molar-refractivity contribution in [3.63, 3.8) is 0 Å². The second kappa shape index (κ2) is 10.9. The number of carbonyl (C=O) groups excluding carboxylic acids is 1. The van der Waals surface area contributed by atoms with E-state index in [1.807, 2.05) is 27.7 Å². The predicted molar refractivity (Wildman–Crippen MR) is 85.9 cm³/mol. The van der Waals surface area contributed by atoms with Gasteiger partial charge >= 0.3 is 5.97 Å². The molecule has 4 heteroatoms. The molecule has 0 bridgehead atoms. The Labute approximate surface area is 130 Å². The van der Waals surface area contributed by atoms with E-state index in [1.165, 1.54) is 0 Å². The molecule has 1 N–H and O–H groups in total. The number of halogens is 1. The van der Waals surface area contributed by atoms with E-state index in [9.17, 15) is 9.90 Å². The van der Waals surface area contributed by atoms with Gasteiger partial charge in [-0.1, -0.05) is 43.6 Å². The Bertz CT molecular complexity index is 376. The van der Waals surface area contributed by atoms with Gasteiger partial charge in [-0.2, -0.15) is 0 Å². The second-order valence-electron chi connectivity index (χ2n) is 4.00. The molecule has 2 atom stereocenters. The molecule has 1 aliphatic rings. The van der Waals surface area contributed by atoms with Crippen molar-refractivity contribution >= 4 is 21.9 Å². The van der Waals surface area contributed by atoms with Crippen LogP contribution in [0.5, 0.6) is 0 Å². The molecule has 3 nitrogen and oxygen atoms in total. The van der Waals surface area contributed by atoms with Crippen LogP contribution in [0.4, 0.5) is 0 Å². The van der Waals surface area contributed by atoms with Crippen molar-refractivity contribution in [3.8, 4) is 0 Å². The lowest BCUT2D eigenvalue weighted by molar-refractivity contribution is 0.0287. The van der Waals surface area contributed by atoms with Gasteiger partial charge in [0.1, 0.15) is 6.10 Å². The molecule has 0 radical (unpaired) electrons. The van der Waals surface area contributed by atoms with E-state index in [1.54, 1.807) is 24.3 Å². The van der Waals surface area contributed by atoms with Crippen LogP contribution < -0.4 is 0 Å². The van der Waals surface area contributed by atoms with Crippen LogP contribution in [0.3, 0.4) is 0 Å². The van der Waals surface area contributed by atoms with Crippen LogP contribution in [0, 0.1) is 0 Å². The Kier molecular flexibility index (Phi) is 10.4. The fraction of sp³-hybridized carbons (Fsp3) is 0.562. The highest BCUT2D eigenvalue weighted by Crippen LogP contribution is 2.23. The first-order valence-electron chi connectivity index (χ1n) is 7.30. The monoisotopic (exact) mass is 344 g/mol. The van der Waals surface area contributed by atoms with Gasteiger partial charge in [-0.15, -0.1) is 0 Å². The van der Waals surface area contributed by atoms with Gasteiger partial charge in [0.05, 0.1) is 11.7 Å². The minimum absolute atomic E-state index is 0.133. The zero-order valence-corrected chi connectivity index (χ0v) is 14.3. The number of carbonyl (C=O) groups is 1. The molecular formula is C16H25BrO3. The Balaban J connectivity index is 0.000000829. The van der Waals surface area contributed by atoms with Gasteiger partial charge in [-0.05, 0) is 37.1 Å². The third-order valence-electron chi connectivity index (χ3n) is 2.71. The van der Waals surface area contributed by atoms with Crippen LogP contribution in [0.2, 0.25) is 0 Å². The molecule has 20 heavy (non-hydrogen) atoms. The maximum atomic E-state index is 11.7. The van der Waals surface area contributed by atoms with Gasteiger partial charge in [0.2, 0.25) is 0 Å². The number of aliphatic hydroxyl groups excluding tert-OH is 1. The summed E-state index contributed by atoms with van der Waals surface area (Å²) in [6.45, 7) is 8.00. The van der Waals surface area contributed by atoms with E-state index >= 15 is 0 Å². The predicted octanol–water partition coefficient (Wildman–Crippen LogP) is 4.57. The molecule has 1 aromatic carbocycles. The quantitative estimate of drug-likeness (QED) is 0.799. The number of aliphatic hydroxyl groups is 1. The summed E-state index contributed by atoms with van der Waals surface area (Å²) >= 11 is 3.31. The molecule has 1 aliphatic carbocycles. The first kappa shape index (κ1) is 19.1. The van der Waals surface area contributed by atoms with Crippen LogP contribution in [0.15, 0.2) is 28.7 Å². The van der Waals surface area contributed by atoms with Crippen molar-refractivity contribution in [2.75, 3.05) is 0 Å². The molecule has 114 valence electrons. The van der Waals surface area contributed by atoms with Gasteiger partial charge in [0, 0.05) is 10.9 Å². The molecule has 0 saturated heterocycles. The highest BCUT2D eigenvalue weighted by Gasteiger charge is 2.26. The Hall–Kier alpha value is -0.870. The van der Waals surface area contributed by atoms with E-state index in [0.717, 1.165) is 17.3 Å². The van der Waals surface area contributed by atoms with E-state index < -0.39 is 0 Å². The molecule has 0 amide bonds. The lowest BCUT2D eigenvalue weighted by atomic mass is 10.2. The topological polar surface area (TPSA) is 46.5 Å². The number of hydrogen-bond donors (Lipinski definition) is 1. The smallest absolute Gasteiger partial charge is 0.338 e. The number of rotatable bonds is 2. The average molecular weight is 345 g/mol. The van der Waals surface area contributed by atoms with Crippen molar-refractivity contribution in [2.45, 2.75) is 59.2 Å². The zero-order chi connectivity index (χ0) is 15.5. The highest BCUT2D eigenvalue weighted by molar-refractivity contribution is 9.10. The summed E-state index contributed by atoms with van der Waals surface area (Å²) in [6, 6.07) is 7.05. The molecule has 1 fully saturated rings. The fourth-order valence-electron chi connectivity index (χ4n) is 1.83. The van der Waals surface area contributed by atoms with Crippen LogP contribution in [0.1, 0.15) is 57.3 Å². The lowest BCUT2D eigenvalue weighted by Crippen LogP contribution is -2.16. The van der Waals surface area contributed by atoms with Gasteiger partial charge < -0.3 is 9.84 Å². The minimum Gasteiger partial charge on any atom is -0.459 e. The maximum Gasteiger partial charge on any atom is 0.338 e. The highest BCUT2D eigenvalue weighted by atomic mass is 79.9. The normalized spacial score (nSPS) is 20.1. The van der Waals surface area contributed by atoms with Crippen LogP contribution in [-0.4, -0.2) is 23.3 Å². The average Bonchev–Trinajstić information content (AvgIpc) is 2.89. The number of ether oxygens (including phenoxy) is 1. The Morgan fingerprint density at radius 1 is 1.15 bits per heavy atom. The summed E-state index contributed by atoms with van der Waals surface area (Å²) < 4.78 is 6.22. The largest absolute Gasteiger partial charge is 0.459 e. The Morgan fingerprint density at radius 2 is 1.70 bits per heavy atom. The molecule has 0 aromatic heterocycles. The van der Waals surface area contributed by atoms with Gasteiger partial charge in [0.25, 0.3) is 0 Å². The van der Waals surface area contributed by atoms with Crippen molar-refractivity contribution in [1.29, 1.82) is 0 Å². The number of esters is 1. The van der Waals surface area contributed by atoms with E-state index in [4.69, 9.17) is 4.74 Å². The first-order chi connectivity index (χ1) is 9.65. The van der Waals surface area contributed by atoms with E-state index in [-0.39, 0.29) is 18.2 Å². The number of benzene rings is 1. The fourth-order valence-corrected chi connectivity index (χ4v) is 2.09. The standard InChI is InChI=1S/C12H13BrO3.2C2H6/c13-9-3-1-8(2-4-9)12(15)16-11-6-5-10(14)7-11;2*1-2/h1-4,10-11,14H,5-7H2;2*1-2H3. The van der Waals surface area contributed by atoms with E-state index in [0.29, 0.717) is 12.0 Å². The first-order valence-corrected chi connectivity index (χ1v) is 8.09. The van der Waals surface area contributed by atoms with Gasteiger partial charge in [-0.3, -0.25) is 0 Å². The second-order valence-corrected chi connectivity index (χ2v) is 4.92. The molecule has 0 spiro atoms. The SMILES string of the molecule is CC.CC.O=C(OC1CCC(O)C1)c1ccc(Br)cc1. The van der Waals surface area contributed by atoms with E-state index in [2.05, 4.69) is 15.9 Å². The van der Waals surface area contributed by atoms with Crippen molar-refractivity contribution in [1.82, 2.24) is 0 Å². The summed E-state index contributed by atoms with van der Waals surface area (Å²) in [5, 5.41) is 9.32. The van der Waals surface area contributed by atoms with Crippen LogP contribution >= 0.6 is 15.9 Å².